The topological polar surface area (TPSA) is 118 Å². The number of aromatic nitrogens is 2. The summed E-state index contributed by atoms with van der Waals surface area (Å²) >= 11 is 12.4. The second-order valence-corrected chi connectivity index (χ2v) is 7.19. The molecule has 0 saturated carbocycles. The summed E-state index contributed by atoms with van der Waals surface area (Å²) in [5, 5.41) is 12.2. The number of carboxylic acid groups (broad SMARTS) is 1. The number of nitrogen functional groups attached to an aromatic ring is 1. The minimum Gasteiger partial charge on any atom is -0.475 e. The number of nitrogens with two attached hydrogens (primary N) is 1. The number of alkyl halides is 3. The SMILES string of the molecule is Nc1nc(N2CCCNCC2)c2oc3c(Cl)cc(Cl)cc3c2n1.O=C(O)C(F)(F)F. The zero-order valence-electron chi connectivity index (χ0n) is 15.3. The zero-order chi connectivity index (χ0) is 22.1. The number of benzene rings is 1. The van der Waals surface area contributed by atoms with E-state index in [0.29, 0.717) is 32.5 Å². The van der Waals surface area contributed by atoms with Crippen LogP contribution in [0.3, 0.4) is 0 Å². The largest absolute Gasteiger partial charge is 0.490 e. The maximum absolute atomic E-state index is 10.6. The van der Waals surface area contributed by atoms with Crippen molar-refractivity contribution in [3.8, 4) is 0 Å². The van der Waals surface area contributed by atoms with Gasteiger partial charge in [-0.2, -0.15) is 18.2 Å². The molecule has 8 nitrogen and oxygen atoms in total. The van der Waals surface area contributed by atoms with E-state index in [1.54, 1.807) is 12.1 Å². The van der Waals surface area contributed by atoms with Crippen molar-refractivity contribution in [1.29, 1.82) is 0 Å². The summed E-state index contributed by atoms with van der Waals surface area (Å²) < 4.78 is 37.7. The Bertz CT molecular complexity index is 1080. The molecule has 0 radical (unpaired) electrons. The first-order chi connectivity index (χ1) is 14.1. The average Bonchev–Trinajstić information content (AvgIpc) is 2.84. The normalized spacial score (nSPS) is 15.0. The molecule has 1 aromatic carbocycles. The Hall–Kier alpha value is -2.50. The van der Waals surface area contributed by atoms with Crippen molar-refractivity contribution in [2.75, 3.05) is 36.8 Å². The van der Waals surface area contributed by atoms with Crippen molar-refractivity contribution < 1.29 is 27.5 Å². The molecule has 0 unspecified atom stereocenters. The average molecular weight is 466 g/mol. The summed E-state index contributed by atoms with van der Waals surface area (Å²) in [4.78, 5) is 19.8. The monoisotopic (exact) mass is 465 g/mol. The van der Waals surface area contributed by atoms with Gasteiger partial charge in [0.15, 0.2) is 17.0 Å². The number of nitrogens with one attached hydrogen (secondary N) is 1. The Kier molecular flexibility index (Phi) is 6.44. The highest BCUT2D eigenvalue weighted by Gasteiger charge is 2.38. The molecule has 0 aliphatic carbocycles. The molecule has 0 amide bonds. The van der Waals surface area contributed by atoms with E-state index in [4.69, 9.17) is 43.3 Å². The highest BCUT2D eigenvalue weighted by molar-refractivity contribution is 6.39. The van der Waals surface area contributed by atoms with Gasteiger partial charge in [0, 0.05) is 24.7 Å². The Morgan fingerprint density at radius 3 is 2.57 bits per heavy atom. The molecule has 162 valence electrons. The Labute approximate surface area is 177 Å². The molecule has 30 heavy (non-hydrogen) atoms. The number of carbonyl (C=O) groups is 1. The van der Waals surface area contributed by atoms with E-state index in [1.165, 1.54) is 0 Å². The Morgan fingerprint density at radius 2 is 1.90 bits per heavy atom. The van der Waals surface area contributed by atoms with Crippen LogP contribution in [0, 0.1) is 0 Å². The molecular formula is C17H16Cl2F3N5O3. The van der Waals surface area contributed by atoms with Gasteiger partial charge in [0.1, 0.15) is 5.52 Å². The summed E-state index contributed by atoms with van der Waals surface area (Å²) in [7, 11) is 0. The van der Waals surface area contributed by atoms with Crippen molar-refractivity contribution in [1.82, 2.24) is 15.3 Å². The summed E-state index contributed by atoms with van der Waals surface area (Å²) in [6, 6.07) is 3.44. The lowest BCUT2D eigenvalue weighted by Crippen LogP contribution is -2.29. The number of hydrogen-bond donors (Lipinski definition) is 3. The number of anilines is 2. The zero-order valence-corrected chi connectivity index (χ0v) is 16.8. The van der Waals surface area contributed by atoms with Gasteiger partial charge in [-0.3, -0.25) is 0 Å². The molecular weight excluding hydrogens is 450 g/mol. The van der Waals surface area contributed by atoms with Crippen LogP contribution in [-0.4, -0.2) is 53.4 Å². The predicted molar refractivity (Wildman–Crippen MR) is 107 cm³/mol. The van der Waals surface area contributed by atoms with Gasteiger partial charge in [-0.05, 0) is 25.1 Å². The van der Waals surface area contributed by atoms with Gasteiger partial charge in [0.05, 0.1) is 10.4 Å². The predicted octanol–water partition coefficient (Wildman–Crippen LogP) is 3.70. The number of carboxylic acids is 1. The minimum atomic E-state index is -5.08. The summed E-state index contributed by atoms with van der Waals surface area (Å²) in [5.41, 5.74) is 7.72. The highest BCUT2D eigenvalue weighted by Crippen LogP contribution is 2.38. The molecule has 0 bridgehead atoms. The molecule has 4 rings (SSSR count). The second kappa shape index (κ2) is 8.70. The van der Waals surface area contributed by atoms with Crippen molar-refractivity contribution in [3.63, 3.8) is 0 Å². The molecule has 1 fully saturated rings. The van der Waals surface area contributed by atoms with Crippen molar-refractivity contribution >= 4 is 63.0 Å². The fraction of sp³-hybridized carbons (Fsp3) is 0.353. The number of halogens is 5. The van der Waals surface area contributed by atoms with Crippen LogP contribution in [0.4, 0.5) is 24.9 Å². The number of rotatable bonds is 1. The second-order valence-electron chi connectivity index (χ2n) is 6.34. The standard InChI is InChI=1S/C15H15Cl2N5O.C2HF3O2/c16-8-6-9-11-13(23-12(9)10(17)7-8)14(21-15(18)20-11)22-4-1-2-19-3-5-22;3-2(4,5)1(6)7/h6-7,19H,1-5H2,(H2,18,20,21);(H,6,7). The summed E-state index contributed by atoms with van der Waals surface area (Å²) in [5.74, 6) is -1.84. The van der Waals surface area contributed by atoms with Crippen LogP contribution in [0.25, 0.3) is 22.1 Å². The van der Waals surface area contributed by atoms with Crippen LogP contribution < -0.4 is 16.0 Å². The first-order valence-corrected chi connectivity index (χ1v) is 9.44. The van der Waals surface area contributed by atoms with Crippen LogP contribution in [0.5, 0.6) is 0 Å². The smallest absolute Gasteiger partial charge is 0.475 e. The lowest BCUT2D eigenvalue weighted by molar-refractivity contribution is -0.192. The van der Waals surface area contributed by atoms with E-state index in [0.717, 1.165) is 38.0 Å². The molecule has 3 heterocycles. The van der Waals surface area contributed by atoms with Gasteiger partial charge in [-0.15, -0.1) is 0 Å². The van der Waals surface area contributed by atoms with Crippen LogP contribution in [0.1, 0.15) is 6.42 Å². The molecule has 3 aromatic rings. The quantitative estimate of drug-likeness (QED) is 0.497. The maximum atomic E-state index is 10.6. The molecule has 4 N–H and O–H groups in total. The van der Waals surface area contributed by atoms with E-state index in [1.807, 2.05) is 0 Å². The van der Waals surface area contributed by atoms with Crippen molar-refractivity contribution in [2.45, 2.75) is 12.6 Å². The third-order valence-corrected chi connectivity index (χ3v) is 4.71. The number of furan rings is 1. The molecule has 13 heteroatoms. The number of hydrogen-bond acceptors (Lipinski definition) is 7. The van der Waals surface area contributed by atoms with E-state index >= 15 is 0 Å². The molecule has 1 aliphatic rings. The van der Waals surface area contributed by atoms with Gasteiger partial charge in [0.2, 0.25) is 5.95 Å². The molecule has 0 atom stereocenters. The molecule has 1 aliphatic heterocycles. The lowest BCUT2D eigenvalue weighted by atomic mass is 10.2. The fourth-order valence-corrected chi connectivity index (χ4v) is 3.48. The first-order valence-electron chi connectivity index (χ1n) is 8.68. The third-order valence-electron chi connectivity index (χ3n) is 4.21. The van der Waals surface area contributed by atoms with Gasteiger partial charge in [0.25, 0.3) is 0 Å². The van der Waals surface area contributed by atoms with Crippen LogP contribution >= 0.6 is 23.2 Å². The fourth-order valence-electron chi connectivity index (χ4n) is 2.95. The minimum absolute atomic E-state index is 0.212. The highest BCUT2D eigenvalue weighted by atomic mass is 35.5. The van der Waals surface area contributed by atoms with E-state index < -0.39 is 12.1 Å². The molecule has 1 saturated heterocycles. The lowest BCUT2D eigenvalue weighted by Gasteiger charge is -2.20. The van der Waals surface area contributed by atoms with Gasteiger partial charge < -0.3 is 25.5 Å². The van der Waals surface area contributed by atoms with Gasteiger partial charge in [-0.25, -0.2) is 9.78 Å². The summed E-state index contributed by atoms with van der Waals surface area (Å²) in [6.45, 7) is 3.58. The Morgan fingerprint density at radius 1 is 1.20 bits per heavy atom. The van der Waals surface area contributed by atoms with Crippen LogP contribution in [-0.2, 0) is 4.79 Å². The van der Waals surface area contributed by atoms with E-state index in [-0.39, 0.29) is 5.95 Å². The Balaban J connectivity index is 0.000000318. The van der Waals surface area contributed by atoms with Gasteiger partial charge >= 0.3 is 12.1 Å². The third kappa shape index (κ3) is 4.79. The maximum Gasteiger partial charge on any atom is 0.490 e. The van der Waals surface area contributed by atoms with Gasteiger partial charge in [-0.1, -0.05) is 23.2 Å². The number of nitrogens with zero attached hydrogens (tertiary/aromatic N) is 3. The number of fused-ring (bicyclic) bond motifs is 3. The van der Waals surface area contributed by atoms with Crippen LogP contribution in [0.2, 0.25) is 10.0 Å². The summed E-state index contributed by atoms with van der Waals surface area (Å²) in [6.07, 6.45) is -4.06. The first kappa shape index (κ1) is 22.2. The van der Waals surface area contributed by atoms with Crippen LogP contribution in [0.15, 0.2) is 16.5 Å². The van der Waals surface area contributed by atoms with Crippen molar-refractivity contribution in [3.05, 3.63) is 22.2 Å². The molecule has 2 aromatic heterocycles. The molecule has 0 spiro atoms. The van der Waals surface area contributed by atoms with Crippen molar-refractivity contribution in [2.24, 2.45) is 0 Å². The number of aliphatic carboxylic acids is 1. The van der Waals surface area contributed by atoms with E-state index in [2.05, 4.69) is 20.2 Å². The van der Waals surface area contributed by atoms with E-state index in [9.17, 15) is 13.2 Å².